The van der Waals surface area contributed by atoms with E-state index >= 15 is 4.39 Å². The molecule has 0 saturated carbocycles. The number of ether oxygens (including phenoxy) is 1. The Labute approximate surface area is 247 Å². The molecular formula is C29H35F3N6O3S. The van der Waals surface area contributed by atoms with Crippen LogP contribution in [0.1, 0.15) is 24.8 Å². The third kappa shape index (κ3) is 7.56. The lowest BCUT2D eigenvalue weighted by molar-refractivity contribution is 0.116. The van der Waals surface area contributed by atoms with Crippen molar-refractivity contribution in [1.82, 2.24) is 24.9 Å². The predicted molar refractivity (Wildman–Crippen MR) is 156 cm³/mol. The average molecular weight is 605 g/mol. The Hall–Kier alpha value is -3.29. The number of hydrogen-bond donors (Lipinski definition) is 0. The van der Waals surface area contributed by atoms with Crippen molar-refractivity contribution in [3.63, 3.8) is 0 Å². The molecule has 42 heavy (non-hydrogen) atoms. The molecule has 0 unspecified atom stereocenters. The minimum Gasteiger partial charge on any atom is -0.492 e. The number of piperazine rings is 1. The smallest absolute Gasteiger partial charge is 0.324 e. The molecule has 0 N–H and O–H groups in total. The summed E-state index contributed by atoms with van der Waals surface area (Å²) in [7, 11) is 0. The van der Waals surface area contributed by atoms with E-state index < -0.39 is 18.1 Å². The van der Waals surface area contributed by atoms with Gasteiger partial charge in [-0.15, -0.1) is 10.2 Å². The molecule has 3 aromatic rings. The van der Waals surface area contributed by atoms with Crippen LogP contribution in [0.5, 0.6) is 5.75 Å². The monoisotopic (exact) mass is 604 g/mol. The van der Waals surface area contributed by atoms with Gasteiger partial charge in [0.05, 0.1) is 6.54 Å². The minimum atomic E-state index is -2.92. The fourth-order valence-electron chi connectivity index (χ4n) is 4.96. The first-order chi connectivity index (χ1) is 20.4. The number of likely N-dealkylation sites (N-methyl/N-ethyl adjacent to an activating group) is 1. The lowest BCUT2D eigenvalue weighted by atomic mass is 10.1. The third-order valence-corrected chi connectivity index (χ3v) is 8.45. The van der Waals surface area contributed by atoms with Crippen LogP contribution in [0.4, 0.5) is 23.7 Å². The molecule has 1 aromatic heterocycles. The van der Waals surface area contributed by atoms with Gasteiger partial charge in [0, 0.05) is 74.1 Å². The molecule has 0 spiro atoms. The molecule has 2 aromatic carbocycles. The van der Waals surface area contributed by atoms with E-state index in [1.807, 2.05) is 24.3 Å². The van der Waals surface area contributed by atoms with Crippen LogP contribution in [-0.4, -0.2) is 101 Å². The Kier molecular flexibility index (Phi) is 10.2. The first kappa shape index (κ1) is 30.2. The summed E-state index contributed by atoms with van der Waals surface area (Å²) in [5.74, 6) is 0.741. The molecule has 2 amide bonds. The van der Waals surface area contributed by atoms with E-state index in [1.54, 1.807) is 21.6 Å². The number of nitrogens with zero attached hydrogens (tertiary/aromatic N) is 6. The van der Waals surface area contributed by atoms with E-state index in [9.17, 15) is 13.6 Å². The first-order valence-electron chi connectivity index (χ1n) is 14.1. The average Bonchev–Trinajstić information content (AvgIpc) is 3.53. The first-order valence-corrected chi connectivity index (χ1v) is 15.3. The Morgan fingerprint density at radius 3 is 2.38 bits per heavy atom. The second kappa shape index (κ2) is 14.3. The number of amides is 2. The number of aromatic nitrogens is 2. The van der Waals surface area contributed by atoms with Gasteiger partial charge < -0.3 is 19.0 Å². The van der Waals surface area contributed by atoms with Gasteiger partial charge in [0.15, 0.2) is 0 Å². The van der Waals surface area contributed by atoms with Crippen LogP contribution in [0.2, 0.25) is 0 Å². The molecule has 3 heterocycles. The van der Waals surface area contributed by atoms with Gasteiger partial charge in [-0.05, 0) is 42.9 Å². The lowest BCUT2D eigenvalue weighted by Crippen LogP contribution is -2.47. The highest BCUT2D eigenvalue weighted by molar-refractivity contribution is 7.99. The molecule has 13 heteroatoms. The normalized spacial score (nSPS) is 16.6. The number of rotatable bonds is 10. The summed E-state index contributed by atoms with van der Waals surface area (Å²) in [6.45, 7) is 10.1. The summed E-state index contributed by atoms with van der Waals surface area (Å²) >= 11 is 1.79. The molecule has 2 fully saturated rings. The van der Waals surface area contributed by atoms with E-state index in [4.69, 9.17) is 9.15 Å². The van der Waals surface area contributed by atoms with E-state index in [0.29, 0.717) is 31.1 Å². The number of anilines is 1. The Morgan fingerprint density at radius 2 is 1.74 bits per heavy atom. The predicted octanol–water partition coefficient (Wildman–Crippen LogP) is 5.01. The molecule has 0 aliphatic carbocycles. The van der Waals surface area contributed by atoms with E-state index in [-0.39, 0.29) is 29.6 Å². The highest BCUT2D eigenvalue weighted by Crippen LogP contribution is 2.28. The quantitative estimate of drug-likeness (QED) is 0.320. The lowest BCUT2D eigenvalue weighted by Gasteiger charge is -2.34. The van der Waals surface area contributed by atoms with Gasteiger partial charge in [-0.3, -0.25) is 9.80 Å². The van der Waals surface area contributed by atoms with Crippen molar-refractivity contribution < 1.29 is 27.1 Å². The van der Waals surface area contributed by atoms with Crippen molar-refractivity contribution in [3.05, 3.63) is 59.7 Å². The zero-order chi connectivity index (χ0) is 29.5. The molecular weight excluding hydrogens is 569 g/mol. The molecule has 2 aliphatic rings. The van der Waals surface area contributed by atoms with Crippen molar-refractivity contribution in [2.24, 2.45) is 0 Å². The Balaban J connectivity index is 1.27. The van der Waals surface area contributed by atoms with Crippen LogP contribution in [0, 0.1) is 5.82 Å². The summed E-state index contributed by atoms with van der Waals surface area (Å²) in [6.07, 6.45) is -2.92. The standard InChI is InChI=1S/C29H35F3N6O3S/c1-2-35-9-11-36(12-10-35)13-16-40-24-7-5-23(6-8-24)38(29(39)37-14-17-42-18-15-37)20-22-4-3-21(19-25(22)30)27-33-34-28(41-27)26(31)32/h3-8,19,26H,2,9-18,20H2,1H3. The summed E-state index contributed by atoms with van der Waals surface area (Å²) in [5.41, 5.74) is 1.05. The largest absolute Gasteiger partial charge is 0.492 e. The van der Waals surface area contributed by atoms with Crippen LogP contribution in [0.25, 0.3) is 11.5 Å². The molecule has 0 radical (unpaired) electrons. The maximum atomic E-state index is 15.3. The maximum absolute atomic E-state index is 15.3. The van der Waals surface area contributed by atoms with Gasteiger partial charge >= 0.3 is 12.5 Å². The van der Waals surface area contributed by atoms with Crippen LogP contribution in [0.3, 0.4) is 0 Å². The minimum absolute atomic E-state index is 0.0232. The molecule has 0 bridgehead atoms. The number of alkyl halides is 2. The van der Waals surface area contributed by atoms with E-state index in [2.05, 4.69) is 26.9 Å². The number of halogens is 3. The second-order valence-electron chi connectivity index (χ2n) is 10.1. The highest BCUT2D eigenvalue weighted by atomic mass is 32.2. The fourth-order valence-corrected chi connectivity index (χ4v) is 5.86. The van der Waals surface area contributed by atoms with Gasteiger partial charge in [0.25, 0.3) is 5.89 Å². The van der Waals surface area contributed by atoms with E-state index in [1.165, 1.54) is 12.1 Å². The third-order valence-electron chi connectivity index (χ3n) is 7.51. The number of urea groups is 1. The van der Waals surface area contributed by atoms with Crippen molar-refractivity contribution >= 4 is 23.5 Å². The molecule has 226 valence electrons. The van der Waals surface area contributed by atoms with Crippen molar-refractivity contribution in [3.8, 4) is 17.2 Å². The fraction of sp³-hybridized carbons (Fsp3) is 0.483. The van der Waals surface area contributed by atoms with Gasteiger partial charge in [0.2, 0.25) is 5.89 Å². The van der Waals surface area contributed by atoms with Crippen LogP contribution >= 0.6 is 11.8 Å². The van der Waals surface area contributed by atoms with Gasteiger partial charge in [-0.2, -0.15) is 20.5 Å². The van der Waals surface area contributed by atoms with E-state index in [0.717, 1.165) is 56.8 Å². The summed E-state index contributed by atoms with van der Waals surface area (Å²) in [5, 5.41) is 6.88. The topological polar surface area (TPSA) is 78.2 Å². The maximum Gasteiger partial charge on any atom is 0.324 e. The van der Waals surface area contributed by atoms with Gasteiger partial charge in [0.1, 0.15) is 18.2 Å². The summed E-state index contributed by atoms with van der Waals surface area (Å²) < 4.78 is 51.9. The molecule has 2 aliphatic heterocycles. The van der Waals surface area contributed by atoms with Crippen molar-refractivity contribution in [2.75, 3.05) is 75.4 Å². The second-order valence-corrected chi connectivity index (χ2v) is 11.4. The van der Waals surface area contributed by atoms with Gasteiger partial charge in [-0.25, -0.2) is 9.18 Å². The highest BCUT2D eigenvalue weighted by Gasteiger charge is 2.26. The Morgan fingerprint density at radius 1 is 1.02 bits per heavy atom. The molecule has 5 rings (SSSR count). The zero-order valence-corrected chi connectivity index (χ0v) is 24.4. The molecule has 2 saturated heterocycles. The molecule has 0 atom stereocenters. The summed E-state index contributed by atoms with van der Waals surface area (Å²) in [4.78, 5) is 21.8. The summed E-state index contributed by atoms with van der Waals surface area (Å²) in [6, 6.07) is 11.2. The SMILES string of the molecule is CCN1CCN(CCOc2ccc(N(Cc3ccc(-c4nnc(C(F)F)o4)cc3F)C(=O)N3CCSCC3)cc2)CC1. The van der Waals surface area contributed by atoms with Crippen molar-refractivity contribution in [2.45, 2.75) is 19.9 Å². The Bertz CT molecular complexity index is 1310. The number of carbonyl (C=O) groups is 1. The number of benzene rings is 2. The van der Waals surface area contributed by atoms with Crippen LogP contribution < -0.4 is 9.64 Å². The van der Waals surface area contributed by atoms with Crippen molar-refractivity contribution in [1.29, 1.82) is 0 Å². The number of carbonyl (C=O) groups excluding carboxylic acids is 1. The van der Waals surface area contributed by atoms with Gasteiger partial charge in [-0.1, -0.05) is 13.0 Å². The van der Waals surface area contributed by atoms with Crippen LogP contribution in [0.15, 0.2) is 46.9 Å². The number of thioether (sulfide) groups is 1. The molecule has 9 nitrogen and oxygen atoms in total. The zero-order valence-electron chi connectivity index (χ0n) is 23.6. The van der Waals surface area contributed by atoms with Crippen LogP contribution in [-0.2, 0) is 6.54 Å². The number of hydrogen-bond acceptors (Lipinski definition) is 8.